The number of nitrogens with zero attached hydrogens (tertiary/aromatic N) is 1. The van der Waals surface area contributed by atoms with E-state index in [-0.39, 0.29) is 29.7 Å². The second kappa shape index (κ2) is 7.74. The van der Waals surface area contributed by atoms with Crippen LogP contribution in [-0.2, 0) is 5.60 Å². The number of hydrogen-bond donors (Lipinski definition) is 1. The van der Waals surface area contributed by atoms with Crippen LogP contribution in [0.15, 0.2) is 84.9 Å². The van der Waals surface area contributed by atoms with Crippen molar-refractivity contribution in [2.24, 2.45) is 11.8 Å². The predicted octanol–water partition coefficient (Wildman–Crippen LogP) is 5.71. The van der Waals surface area contributed by atoms with Gasteiger partial charge in [-0.1, -0.05) is 86.6 Å². The van der Waals surface area contributed by atoms with E-state index in [9.17, 15) is 9.50 Å². The molecule has 3 aromatic carbocycles. The molecule has 1 heterocycles. The fourth-order valence-corrected chi connectivity index (χ4v) is 5.37. The minimum atomic E-state index is -1.10. The van der Waals surface area contributed by atoms with E-state index in [1.54, 1.807) is 12.1 Å². The summed E-state index contributed by atoms with van der Waals surface area (Å²) in [5.41, 5.74) is 2.03. The highest BCUT2D eigenvalue weighted by atomic mass is 19.1. The smallest absolute Gasteiger partial charge is 0.123 e. The second-order valence-electron chi connectivity index (χ2n) is 8.29. The molecule has 0 spiro atoms. The molecular weight excluding hydrogens is 361 g/mol. The summed E-state index contributed by atoms with van der Waals surface area (Å²) in [5, 5.41) is 12.2. The van der Waals surface area contributed by atoms with Gasteiger partial charge in [0.2, 0.25) is 0 Å². The molecule has 0 aromatic heterocycles. The molecule has 1 N–H and O–H groups in total. The van der Waals surface area contributed by atoms with Gasteiger partial charge in [0.15, 0.2) is 0 Å². The highest BCUT2D eigenvalue weighted by molar-refractivity contribution is 5.33. The molecule has 3 heteroatoms. The van der Waals surface area contributed by atoms with Crippen LogP contribution in [0.1, 0.15) is 42.6 Å². The van der Waals surface area contributed by atoms with Gasteiger partial charge in [-0.2, -0.15) is 0 Å². The topological polar surface area (TPSA) is 23.5 Å². The number of piperidine rings is 1. The maximum atomic E-state index is 13.6. The molecule has 2 nitrogen and oxygen atoms in total. The predicted molar refractivity (Wildman–Crippen MR) is 115 cm³/mol. The summed E-state index contributed by atoms with van der Waals surface area (Å²) in [6, 6.07) is 27.1. The van der Waals surface area contributed by atoms with E-state index in [1.807, 2.05) is 36.4 Å². The third kappa shape index (κ3) is 3.29. The Morgan fingerprint density at radius 2 is 1.14 bits per heavy atom. The number of aliphatic hydroxyl groups is 1. The van der Waals surface area contributed by atoms with Gasteiger partial charge < -0.3 is 5.11 Å². The van der Waals surface area contributed by atoms with E-state index in [2.05, 4.69) is 50.1 Å². The molecule has 0 radical (unpaired) electrons. The molecular formula is C26H28FNO. The van der Waals surface area contributed by atoms with Crippen LogP contribution in [0.5, 0.6) is 0 Å². The van der Waals surface area contributed by atoms with Crippen LogP contribution in [0.4, 0.5) is 4.39 Å². The van der Waals surface area contributed by atoms with E-state index >= 15 is 0 Å². The van der Waals surface area contributed by atoms with Crippen LogP contribution < -0.4 is 0 Å². The van der Waals surface area contributed by atoms with Crippen molar-refractivity contribution < 1.29 is 9.50 Å². The van der Waals surface area contributed by atoms with Crippen molar-refractivity contribution in [3.8, 4) is 0 Å². The Balaban J connectivity index is 1.89. The summed E-state index contributed by atoms with van der Waals surface area (Å²) in [4.78, 5) is 2.39. The molecule has 0 aliphatic carbocycles. The summed E-state index contributed by atoms with van der Waals surface area (Å²) in [6.45, 7) is 4.21. The molecule has 4 rings (SSSR count). The monoisotopic (exact) mass is 389 g/mol. The van der Waals surface area contributed by atoms with Crippen molar-refractivity contribution in [2.45, 2.75) is 31.5 Å². The molecule has 0 amide bonds. The lowest BCUT2D eigenvalue weighted by Crippen LogP contribution is -2.56. The van der Waals surface area contributed by atoms with E-state index in [4.69, 9.17) is 0 Å². The quantitative estimate of drug-likeness (QED) is 0.620. The van der Waals surface area contributed by atoms with E-state index in [0.29, 0.717) is 0 Å². The Kier molecular flexibility index (Phi) is 5.28. The zero-order valence-corrected chi connectivity index (χ0v) is 17.2. The maximum absolute atomic E-state index is 13.6. The maximum Gasteiger partial charge on any atom is 0.123 e. The van der Waals surface area contributed by atoms with Crippen LogP contribution >= 0.6 is 0 Å². The molecule has 0 bridgehead atoms. The highest BCUT2D eigenvalue weighted by Crippen LogP contribution is 2.55. The number of halogens is 1. The number of rotatable bonds is 3. The van der Waals surface area contributed by atoms with Crippen molar-refractivity contribution in [3.05, 3.63) is 107 Å². The first-order valence-electron chi connectivity index (χ1n) is 10.2. The lowest BCUT2D eigenvalue weighted by Gasteiger charge is -2.56. The zero-order valence-electron chi connectivity index (χ0n) is 17.2. The Morgan fingerprint density at radius 1 is 0.724 bits per heavy atom. The van der Waals surface area contributed by atoms with Crippen molar-refractivity contribution >= 4 is 0 Å². The van der Waals surface area contributed by atoms with Crippen molar-refractivity contribution in [1.82, 2.24) is 4.90 Å². The molecule has 29 heavy (non-hydrogen) atoms. The lowest BCUT2D eigenvalue weighted by molar-refractivity contribution is -0.161. The number of benzene rings is 3. The summed E-state index contributed by atoms with van der Waals surface area (Å²) >= 11 is 0. The van der Waals surface area contributed by atoms with Gasteiger partial charge in [-0.15, -0.1) is 0 Å². The summed E-state index contributed by atoms with van der Waals surface area (Å²) in [6.07, 6.45) is 0. The molecule has 1 aliphatic heterocycles. The molecule has 1 saturated heterocycles. The van der Waals surface area contributed by atoms with E-state index in [1.165, 1.54) is 23.3 Å². The van der Waals surface area contributed by atoms with E-state index < -0.39 is 5.60 Å². The highest BCUT2D eigenvalue weighted by Gasteiger charge is 2.54. The van der Waals surface area contributed by atoms with Crippen LogP contribution in [-0.4, -0.2) is 17.1 Å². The Hall–Kier alpha value is -2.49. The molecule has 4 unspecified atom stereocenters. The van der Waals surface area contributed by atoms with Crippen LogP contribution in [0.2, 0.25) is 0 Å². The Labute approximate surface area is 172 Å². The number of likely N-dealkylation sites (tertiary alicyclic amines) is 1. The molecule has 1 fully saturated rings. The first kappa shape index (κ1) is 19.8. The van der Waals surface area contributed by atoms with Gasteiger partial charge in [0.25, 0.3) is 0 Å². The van der Waals surface area contributed by atoms with Gasteiger partial charge in [0.05, 0.1) is 5.60 Å². The second-order valence-corrected chi connectivity index (χ2v) is 8.29. The summed E-state index contributed by atoms with van der Waals surface area (Å²) in [7, 11) is 2.15. The van der Waals surface area contributed by atoms with Crippen molar-refractivity contribution in [1.29, 1.82) is 0 Å². The third-order valence-electron chi connectivity index (χ3n) is 6.80. The fourth-order valence-electron chi connectivity index (χ4n) is 5.37. The van der Waals surface area contributed by atoms with Gasteiger partial charge in [-0.05, 0) is 35.9 Å². The van der Waals surface area contributed by atoms with Gasteiger partial charge in [0.1, 0.15) is 5.82 Å². The normalized spacial score (nSPS) is 30.2. The average molecular weight is 390 g/mol. The summed E-state index contributed by atoms with van der Waals surface area (Å²) in [5.74, 6) is -0.463. The van der Waals surface area contributed by atoms with Crippen molar-refractivity contribution in [3.63, 3.8) is 0 Å². The largest absolute Gasteiger partial charge is 0.384 e. The standard InChI is InChI=1S/C26H28FNO/c1-18-24(20-10-6-4-7-11-20)28(3)25(21-12-8-5-9-13-21)19(2)26(18,29)22-14-16-23(27)17-15-22/h4-19,24-25,29H,1-3H3. The Bertz CT molecular complexity index is 888. The molecule has 3 aromatic rings. The van der Waals surface area contributed by atoms with Crippen LogP contribution in [0.25, 0.3) is 0 Å². The SMILES string of the molecule is CC1C(c2ccccc2)N(C)C(c2ccccc2)C(C)C1(O)c1ccc(F)cc1. The molecule has 0 saturated carbocycles. The fraction of sp³-hybridized carbons (Fsp3) is 0.308. The summed E-state index contributed by atoms with van der Waals surface area (Å²) < 4.78 is 13.6. The van der Waals surface area contributed by atoms with E-state index in [0.717, 1.165) is 5.56 Å². The van der Waals surface area contributed by atoms with Gasteiger partial charge in [-0.25, -0.2) is 4.39 Å². The molecule has 1 aliphatic rings. The lowest BCUT2D eigenvalue weighted by atomic mass is 9.62. The zero-order chi connectivity index (χ0) is 20.6. The minimum absolute atomic E-state index is 0.0210. The average Bonchev–Trinajstić information content (AvgIpc) is 2.74. The van der Waals surface area contributed by atoms with Crippen molar-refractivity contribution in [2.75, 3.05) is 7.05 Å². The molecule has 150 valence electrons. The van der Waals surface area contributed by atoms with Crippen LogP contribution in [0.3, 0.4) is 0 Å². The van der Waals surface area contributed by atoms with Gasteiger partial charge >= 0.3 is 0 Å². The molecule has 4 atom stereocenters. The number of hydrogen-bond acceptors (Lipinski definition) is 2. The minimum Gasteiger partial charge on any atom is -0.384 e. The van der Waals surface area contributed by atoms with Gasteiger partial charge in [-0.3, -0.25) is 4.90 Å². The first-order chi connectivity index (χ1) is 13.9. The third-order valence-corrected chi connectivity index (χ3v) is 6.80. The van der Waals surface area contributed by atoms with Crippen LogP contribution in [0, 0.1) is 17.7 Å². The Morgan fingerprint density at radius 3 is 1.55 bits per heavy atom. The first-order valence-corrected chi connectivity index (χ1v) is 10.2. The van der Waals surface area contributed by atoms with Gasteiger partial charge in [0, 0.05) is 23.9 Å².